The van der Waals surface area contributed by atoms with E-state index in [1.165, 1.54) is 24.0 Å². The van der Waals surface area contributed by atoms with Gasteiger partial charge >= 0.3 is 0 Å². The van der Waals surface area contributed by atoms with Gasteiger partial charge in [0.2, 0.25) is 0 Å². The van der Waals surface area contributed by atoms with E-state index in [9.17, 15) is 9.59 Å². The Morgan fingerprint density at radius 2 is 2.36 bits per heavy atom. The first-order valence-corrected chi connectivity index (χ1v) is 5.29. The molecule has 0 aliphatic rings. The molecule has 0 aromatic carbocycles. The Kier molecular flexibility index (Phi) is 3.88. The Morgan fingerprint density at radius 3 is 2.93 bits per heavy atom. The van der Waals surface area contributed by atoms with Crippen molar-refractivity contribution in [3.8, 4) is 0 Å². The summed E-state index contributed by atoms with van der Waals surface area (Å²) in [4.78, 5) is 28.6. The number of nitrogens with one attached hydrogen (secondary N) is 1. The minimum Gasteiger partial charge on any atom is -0.301 e. The topological polar surface area (TPSA) is 62.8 Å². The molecule has 0 atom stereocenters. The van der Waals surface area contributed by atoms with E-state index in [0.29, 0.717) is 10.9 Å². The molecule has 5 heteroatoms. The third kappa shape index (κ3) is 3.33. The number of Topliss-reactive ketones (excluding diaryl/α,β-unsaturated/α-hetero) is 1. The zero-order valence-electron chi connectivity index (χ0n) is 8.11. The lowest BCUT2D eigenvalue weighted by Gasteiger charge is -2.02. The molecule has 0 radical (unpaired) electrons. The van der Waals surface area contributed by atoms with Gasteiger partial charge in [-0.05, 0) is 0 Å². The minimum atomic E-state index is -0.195. The third-order valence-corrected chi connectivity index (χ3v) is 2.55. The lowest BCUT2D eigenvalue weighted by Crippen LogP contribution is -2.11. The van der Waals surface area contributed by atoms with Crippen LogP contribution in [0.2, 0.25) is 0 Å². The van der Waals surface area contributed by atoms with Gasteiger partial charge in [0, 0.05) is 18.2 Å². The molecule has 0 saturated heterocycles. The Balaban J connectivity index is 2.54. The monoisotopic (exact) mass is 212 g/mol. The van der Waals surface area contributed by atoms with Gasteiger partial charge in [0.05, 0.1) is 5.75 Å². The lowest BCUT2D eigenvalue weighted by molar-refractivity contribution is -0.119. The van der Waals surface area contributed by atoms with Crippen molar-refractivity contribution in [1.82, 2.24) is 9.97 Å². The second-order valence-electron chi connectivity index (χ2n) is 3.15. The first kappa shape index (κ1) is 11.0. The quantitative estimate of drug-likeness (QED) is 0.599. The Bertz CT molecular complexity index is 373. The van der Waals surface area contributed by atoms with Gasteiger partial charge in [-0.15, -0.1) is 0 Å². The molecule has 0 fully saturated rings. The Hall–Kier alpha value is -1.10. The smallest absolute Gasteiger partial charge is 0.251 e. The number of rotatable bonds is 4. The summed E-state index contributed by atoms with van der Waals surface area (Å²) in [5.41, 5.74) is -0.195. The third-order valence-electron chi connectivity index (χ3n) is 1.64. The molecule has 1 N–H and O–H groups in total. The van der Waals surface area contributed by atoms with E-state index in [4.69, 9.17) is 0 Å². The number of nitrogens with zero attached hydrogens (tertiary/aromatic N) is 1. The van der Waals surface area contributed by atoms with Gasteiger partial charge in [0.15, 0.2) is 5.16 Å². The molecule has 0 unspecified atom stereocenters. The number of thioether (sulfide) groups is 1. The summed E-state index contributed by atoms with van der Waals surface area (Å²) < 4.78 is 0. The van der Waals surface area contributed by atoms with Crippen LogP contribution in [-0.2, 0) is 4.79 Å². The molecule has 0 amide bonds. The van der Waals surface area contributed by atoms with Crippen molar-refractivity contribution < 1.29 is 4.79 Å². The van der Waals surface area contributed by atoms with E-state index in [1.54, 1.807) is 0 Å². The highest BCUT2D eigenvalue weighted by molar-refractivity contribution is 7.99. The summed E-state index contributed by atoms with van der Waals surface area (Å²) in [7, 11) is 0. The molecule has 1 rings (SSSR count). The van der Waals surface area contributed by atoms with Gasteiger partial charge in [-0.25, -0.2) is 4.98 Å². The average Bonchev–Trinajstić information content (AvgIpc) is 2.14. The fourth-order valence-electron chi connectivity index (χ4n) is 0.732. The zero-order chi connectivity index (χ0) is 10.6. The maximum absolute atomic E-state index is 11.3. The summed E-state index contributed by atoms with van der Waals surface area (Å²) in [6, 6.07) is 1.34. The van der Waals surface area contributed by atoms with Gasteiger partial charge in [0.25, 0.3) is 5.56 Å². The minimum absolute atomic E-state index is 0.0259. The van der Waals surface area contributed by atoms with Gasteiger partial charge in [0.1, 0.15) is 5.78 Å². The molecule has 76 valence electrons. The van der Waals surface area contributed by atoms with Crippen LogP contribution in [0.4, 0.5) is 0 Å². The number of carbonyl (C=O) groups excluding carboxylic acids is 1. The molecule has 1 aromatic heterocycles. The van der Waals surface area contributed by atoms with Crippen molar-refractivity contribution >= 4 is 17.5 Å². The number of H-pyrrole nitrogens is 1. The number of aromatic amines is 1. The van der Waals surface area contributed by atoms with E-state index >= 15 is 0 Å². The van der Waals surface area contributed by atoms with Crippen LogP contribution < -0.4 is 5.56 Å². The van der Waals surface area contributed by atoms with E-state index in [1.807, 2.05) is 13.8 Å². The van der Waals surface area contributed by atoms with E-state index in [0.717, 1.165) is 0 Å². The lowest BCUT2D eigenvalue weighted by atomic mass is 10.1. The van der Waals surface area contributed by atoms with Crippen molar-refractivity contribution in [2.45, 2.75) is 19.0 Å². The highest BCUT2D eigenvalue weighted by Crippen LogP contribution is 2.11. The van der Waals surface area contributed by atoms with Crippen molar-refractivity contribution in [1.29, 1.82) is 0 Å². The molecule has 4 nitrogen and oxygen atoms in total. The maximum Gasteiger partial charge on any atom is 0.251 e. The SMILES string of the molecule is CC(C)C(=O)CSc1nccc(=O)[nH]1. The Labute approximate surface area is 86.1 Å². The standard InChI is InChI=1S/C9H12N2O2S/c1-6(2)7(12)5-14-9-10-4-3-8(13)11-9/h3-4,6H,5H2,1-2H3,(H,10,11,13). The van der Waals surface area contributed by atoms with Crippen LogP contribution in [0.15, 0.2) is 22.2 Å². The van der Waals surface area contributed by atoms with E-state index in [2.05, 4.69) is 9.97 Å². The number of carbonyl (C=O) groups is 1. The van der Waals surface area contributed by atoms with Crippen LogP contribution in [0.5, 0.6) is 0 Å². The summed E-state index contributed by atoms with van der Waals surface area (Å²) in [6.07, 6.45) is 1.43. The summed E-state index contributed by atoms with van der Waals surface area (Å²) >= 11 is 1.25. The second-order valence-corrected chi connectivity index (χ2v) is 4.11. The fraction of sp³-hybridized carbons (Fsp3) is 0.444. The number of hydrogen-bond donors (Lipinski definition) is 1. The second kappa shape index (κ2) is 4.95. The molecule has 14 heavy (non-hydrogen) atoms. The zero-order valence-corrected chi connectivity index (χ0v) is 8.93. The van der Waals surface area contributed by atoms with Crippen LogP contribution in [0.3, 0.4) is 0 Å². The maximum atomic E-state index is 11.3. The van der Waals surface area contributed by atoms with Crippen molar-refractivity contribution in [3.05, 3.63) is 22.6 Å². The van der Waals surface area contributed by atoms with Crippen LogP contribution in [-0.4, -0.2) is 21.5 Å². The molecular weight excluding hydrogens is 200 g/mol. The van der Waals surface area contributed by atoms with Crippen molar-refractivity contribution in [3.63, 3.8) is 0 Å². The molecule has 0 aliphatic carbocycles. The van der Waals surface area contributed by atoms with E-state index < -0.39 is 0 Å². The number of hydrogen-bond acceptors (Lipinski definition) is 4. The molecular formula is C9H12N2O2S. The summed E-state index contributed by atoms with van der Waals surface area (Å²) in [5.74, 6) is 0.532. The largest absolute Gasteiger partial charge is 0.301 e. The highest BCUT2D eigenvalue weighted by Gasteiger charge is 2.08. The highest BCUT2D eigenvalue weighted by atomic mass is 32.2. The molecule has 1 heterocycles. The number of aromatic nitrogens is 2. The van der Waals surface area contributed by atoms with Gasteiger partial charge < -0.3 is 4.98 Å². The van der Waals surface area contributed by atoms with Crippen LogP contribution in [0.25, 0.3) is 0 Å². The van der Waals surface area contributed by atoms with Gasteiger partial charge in [-0.3, -0.25) is 9.59 Å². The predicted octanol–water partition coefficient (Wildman–Crippen LogP) is 1.09. The first-order valence-electron chi connectivity index (χ1n) is 4.30. The van der Waals surface area contributed by atoms with Crippen LogP contribution in [0.1, 0.15) is 13.8 Å². The molecule has 0 bridgehead atoms. The predicted molar refractivity (Wildman–Crippen MR) is 55.4 cm³/mol. The average molecular weight is 212 g/mol. The van der Waals surface area contributed by atoms with Crippen LogP contribution >= 0.6 is 11.8 Å². The summed E-state index contributed by atoms with van der Waals surface area (Å²) in [5, 5.41) is 0.492. The summed E-state index contributed by atoms with van der Waals surface area (Å²) in [6.45, 7) is 3.70. The Morgan fingerprint density at radius 1 is 1.64 bits per heavy atom. The van der Waals surface area contributed by atoms with Crippen molar-refractivity contribution in [2.24, 2.45) is 5.92 Å². The molecule has 0 saturated carbocycles. The normalized spacial score (nSPS) is 10.5. The van der Waals surface area contributed by atoms with Gasteiger partial charge in [-0.2, -0.15) is 0 Å². The van der Waals surface area contributed by atoms with E-state index in [-0.39, 0.29) is 17.3 Å². The first-order chi connectivity index (χ1) is 6.59. The van der Waals surface area contributed by atoms with Gasteiger partial charge in [-0.1, -0.05) is 25.6 Å². The fourth-order valence-corrected chi connectivity index (χ4v) is 1.65. The number of ketones is 1. The van der Waals surface area contributed by atoms with Crippen molar-refractivity contribution in [2.75, 3.05) is 5.75 Å². The van der Waals surface area contributed by atoms with Crippen LogP contribution in [0, 0.1) is 5.92 Å². The molecule has 0 spiro atoms. The molecule has 1 aromatic rings. The molecule has 0 aliphatic heterocycles.